The van der Waals surface area contributed by atoms with Gasteiger partial charge in [-0.2, -0.15) is 0 Å². The molecule has 2 nitrogen and oxygen atoms in total. The standard InChI is InChI=1S/C15H14Br2O2/c1-18-13-7-6-11(9-14(13)19-2)15(17)10-4-3-5-12(16)8-10/h3-9,15H,1-2H3. The van der Waals surface area contributed by atoms with E-state index >= 15 is 0 Å². The highest BCUT2D eigenvalue weighted by Gasteiger charge is 2.13. The highest BCUT2D eigenvalue weighted by Crippen LogP contribution is 2.36. The van der Waals surface area contributed by atoms with Crippen LogP contribution < -0.4 is 9.47 Å². The second-order valence-electron chi connectivity index (χ2n) is 4.03. The van der Waals surface area contributed by atoms with Gasteiger partial charge in [-0.3, -0.25) is 0 Å². The molecule has 0 bridgehead atoms. The SMILES string of the molecule is COc1ccc(C(Br)c2cccc(Br)c2)cc1OC. The molecule has 2 rings (SSSR count). The maximum atomic E-state index is 5.33. The molecule has 0 spiro atoms. The zero-order valence-corrected chi connectivity index (χ0v) is 13.9. The summed E-state index contributed by atoms with van der Waals surface area (Å²) in [4.78, 5) is 0.116. The first-order chi connectivity index (χ1) is 9.15. The van der Waals surface area contributed by atoms with Gasteiger partial charge >= 0.3 is 0 Å². The molecule has 0 saturated carbocycles. The van der Waals surface area contributed by atoms with Gasteiger partial charge in [0.2, 0.25) is 0 Å². The maximum Gasteiger partial charge on any atom is 0.161 e. The second-order valence-corrected chi connectivity index (χ2v) is 5.86. The lowest BCUT2D eigenvalue weighted by Gasteiger charge is -2.14. The molecule has 0 N–H and O–H groups in total. The normalized spacial score (nSPS) is 12.0. The van der Waals surface area contributed by atoms with E-state index in [0.29, 0.717) is 0 Å². The minimum Gasteiger partial charge on any atom is -0.493 e. The molecule has 4 heteroatoms. The van der Waals surface area contributed by atoms with Crippen LogP contribution in [-0.2, 0) is 0 Å². The molecule has 0 aliphatic heterocycles. The summed E-state index contributed by atoms with van der Waals surface area (Å²) < 4.78 is 11.6. The van der Waals surface area contributed by atoms with Crippen molar-refractivity contribution in [2.45, 2.75) is 4.83 Å². The Kier molecular flexibility index (Phi) is 4.88. The van der Waals surface area contributed by atoms with Crippen LogP contribution in [0.3, 0.4) is 0 Å². The van der Waals surface area contributed by atoms with Gasteiger partial charge in [0.05, 0.1) is 19.0 Å². The molecule has 0 fully saturated rings. The van der Waals surface area contributed by atoms with E-state index in [2.05, 4.69) is 44.0 Å². The minimum absolute atomic E-state index is 0.116. The Morgan fingerprint density at radius 2 is 1.58 bits per heavy atom. The second kappa shape index (κ2) is 6.44. The van der Waals surface area contributed by atoms with E-state index < -0.39 is 0 Å². The van der Waals surface area contributed by atoms with Crippen molar-refractivity contribution < 1.29 is 9.47 Å². The van der Waals surface area contributed by atoms with E-state index in [-0.39, 0.29) is 4.83 Å². The summed E-state index contributed by atoms with van der Waals surface area (Å²) in [6.45, 7) is 0. The number of methoxy groups -OCH3 is 2. The monoisotopic (exact) mass is 384 g/mol. The minimum atomic E-state index is 0.116. The zero-order chi connectivity index (χ0) is 13.8. The van der Waals surface area contributed by atoms with E-state index in [1.54, 1.807) is 14.2 Å². The third-order valence-corrected chi connectivity index (χ3v) is 4.39. The van der Waals surface area contributed by atoms with Crippen molar-refractivity contribution in [3.05, 3.63) is 58.1 Å². The average molecular weight is 386 g/mol. The molecular formula is C15H14Br2O2. The molecule has 100 valence electrons. The molecule has 1 atom stereocenters. The van der Waals surface area contributed by atoms with Crippen molar-refractivity contribution in [3.63, 3.8) is 0 Å². The molecular weight excluding hydrogens is 372 g/mol. The van der Waals surface area contributed by atoms with Crippen molar-refractivity contribution in [1.29, 1.82) is 0 Å². The van der Waals surface area contributed by atoms with Crippen LogP contribution in [0.25, 0.3) is 0 Å². The van der Waals surface area contributed by atoms with E-state index in [1.807, 2.05) is 30.3 Å². The zero-order valence-electron chi connectivity index (χ0n) is 10.7. The summed E-state index contributed by atoms with van der Waals surface area (Å²) in [5.74, 6) is 1.47. The van der Waals surface area contributed by atoms with Crippen molar-refractivity contribution in [2.75, 3.05) is 14.2 Å². The van der Waals surface area contributed by atoms with Crippen LogP contribution in [0.15, 0.2) is 46.9 Å². The fourth-order valence-electron chi connectivity index (χ4n) is 1.87. The Hall–Kier alpha value is -1.00. The maximum absolute atomic E-state index is 5.33. The first kappa shape index (κ1) is 14.4. The van der Waals surface area contributed by atoms with Crippen LogP contribution in [0.2, 0.25) is 0 Å². The Bertz CT molecular complexity index is 570. The van der Waals surface area contributed by atoms with Gasteiger partial charge in [0.15, 0.2) is 11.5 Å². The quantitative estimate of drug-likeness (QED) is 0.693. The molecule has 1 unspecified atom stereocenters. The Morgan fingerprint density at radius 3 is 2.21 bits per heavy atom. The molecule has 0 saturated heterocycles. The van der Waals surface area contributed by atoms with Crippen LogP contribution in [0.4, 0.5) is 0 Å². The van der Waals surface area contributed by atoms with Crippen molar-refractivity contribution in [2.24, 2.45) is 0 Å². The predicted molar refractivity (Wildman–Crippen MR) is 84.5 cm³/mol. The Morgan fingerprint density at radius 1 is 0.895 bits per heavy atom. The lowest BCUT2D eigenvalue weighted by molar-refractivity contribution is 0.354. The van der Waals surface area contributed by atoms with E-state index in [0.717, 1.165) is 21.5 Å². The summed E-state index contributed by atoms with van der Waals surface area (Å²) in [7, 11) is 3.28. The first-order valence-corrected chi connectivity index (χ1v) is 7.48. The van der Waals surface area contributed by atoms with Gasteiger partial charge in [0, 0.05) is 4.47 Å². The van der Waals surface area contributed by atoms with Gasteiger partial charge in [0.25, 0.3) is 0 Å². The van der Waals surface area contributed by atoms with Gasteiger partial charge < -0.3 is 9.47 Å². The summed E-state index contributed by atoms with van der Waals surface area (Å²) in [6, 6.07) is 14.1. The summed E-state index contributed by atoms with van der Waals surface area (Å²) >= 11 is 7.21. The Labute approximate surface area is 130 Å². The van der Waals surface area contributed by atoms with Gasteiger partial charge in [-0.05, 0) is 35.4 Å². The summed E-state index contributed by atoms with van der Waals surface area (Å²) in [5.41, 5.74) is 2.30. The highest BCUT2D eigenvalue weighted by atomic mass is 79.9. The average Bonchev–Trinajstić information content (AvgIpc) is 2.45. The number of hydrogen-bond acceptors (Lipinski definition) is 2. The number of halogens is 2. The molecule has 0 heterocycles. The van der Waals surface area contributed by atoms with Crippen molar-refractivity contribution >= 4 is 31.9 Å². The number of alkyl halides is 1. The van der Waals surface area contributed by atoms with Crippen LogP contribution in [-0.4, -0.2) is 14.2 Å². The van der Waals surface area contributed by atoms with Gasteiger partial charge in [-0.1, -0.05) is 50.1 Å². The summed E-state index contributed by atoms with van der Waals surface area (Å²) in [6.07, 6.45) is 0. The van der Waals surface area contributed by atoms with Gasteiger partial charge in [0.1, 0.15) is 0 Å². The number of benzene rings is 2. The molecule has 2 aromatic rings. The van der Waals surface area contributed by atoms with Crippen molar-refractivity contribution in [1.82, 2.24) is 0 Å². The molecule has 0 aromatic heterocycles. The molecule has 19 heavy (non-hydrogen) atoms. The van der Waals surface area contributed by atoms with Gasteiger partial charge in [-0.25, -0.2) is 0 Å². The summed E-state index contributed by atoms with van der Waals surface area (Å²) in [5, 5.41) is 0. The third-order valence-electron chi connectivity index (χ3n) is 2.84. The fourth-order valence-corrected chi connectivity index (χ4v) is 2.85. The first-order valence-electron chi connectivity index (χ1n) is 5.77. The van der Waals surface area contributed by atoms with Crippen LogP contribution in [0.5, 0.6) is 11.5 Å². The topological polar surface area (TPSA) is 18.5 Å². The van der Waals surface area contributed by atoms with Gasteiger partial charge in [-0.15, -0.1) is 0 Å². The largest absolute Gasteiger partial charge is 0.493 e. The molecule has 0 aliphatic rings. The molecule has 2 aromatic carbocycles. The number of ether oxygens (including phenoxy) is 2. The third kappa shape index (κ3) is 3.31. The Balaban J connectivity index is 2.36. The van der Waals surface area contributed by atoms with E-state index in [9.17, 15) is 0 Å². The molecule has 0 radical (unpaired) electrons. The lowest BCUT2D eigenvalue weighted by Crippen LogP contribution is -1.96. The highest BCUT2D eigenvalue weighted by molar-refractivity contribution is 9.10. The number of hydrogen-bond donors (Lipinski definition) is 0. The number of rotatable bonds is 4. The predicted octanol–water partition coefficient (Wildman–Crippen LogP) is 4.95. The van der Waals surface area contributed by atoms with Crippen LogP contribution in [0, 0.1) is 0 Å². The van der Waals surface area contributed by atoms with Crippen LogP contribution in [0.1, 0.15) is 16.0 Å². The van der Waals surface area contributed by atoms with E-state index in [1.165, 1.54) is 5.56 Å². The fraction of sp³-hybridized carbons (Fsp3) is 0.200. The van der Waals surface area contributed by atoms with Crippen LogP contribution >= 0.6 is 31.9 Å². The molecule has 0 aliphatic carbocycles. The lowest BCUT2D eigenvalue weighted by atomic mass is 10.0. The van der Waals surface area contributed by atoms with Crippen molar-refractivity contribution in [3.8, 4) is 11.5 Å². The molecule has 0 amide bonds. The smallest absolute Gasteiger partial charge is 0.161 e. The van der Waals surface area contributed by atoms with E-state index in [4.69, 9.17) is 9.47 Å².